The third-order valence-electron chi connectivity index (χ3n) is 6.37. The number of rotatable bonds is 8. The van der Waals surface area contributed by atoms with Crippen molar-refractivity contribution in [2.45, 2.75) is 26.3 Å². The van der Waals surface area contributed by atoms with E-state index in [9.17, 15) is 4.79 Å². The Balaban J connectivity index is 1.54. The van der Waals surface area contributed by atoms with Crippen LogP contribution in [0.3, 0.4) is 0 Å². The summed E-state index contributed by atoms with van der Waals surface area (Å²) in [7, 11) is 3.87. The monoisotopic (exact) mass is 486 g/mol. The topological polar surface area (TPSA) is 102 Å². The van der Waals surface area contributed by atoms with Gasteiger partial charge in [0.1, 0.15) is 5.82 Å². The number of hydrogen-bond acceptors (Lipinski definition) is 9. The number of carbonyl (C=O) groups is 1. The van der Waals surface area contributed by atoms with E-state index in [-0.39, 0.29) is 0 Å². The van der Waals surface area contributed by atoms with Crippen molar-refractivity contribution in [2.75, 3.05) is 43.2 Å². The summed E-state index contributed by atoms with van der Waals surface area (Å²) < 4.78 is 7.58. The SMILES string of the molecule is CCCc1ccc(-c2nc(N3CCOCC3)c3nc(CN(C)c4ncc(C=O)cn4)n(C)c3n2)cc1. The molecule has 4 aromatic rings. The molecule has 0 amide bonds. The maximum Gasteiger partial charge on any atom is 0.225 e. The van der Waals surface area contributed by atoms with Crippen molar-refractivity contribution in [3.05, 3.63) is 53.6 Å². The van der Waals surface area contributed by atoms with Crippen LogP contribution in [-0.2, 0) is 24.8 Å². The molecule has 1 fully saturated rings. The third-order valence-corrected chi connectivity index (χ3v) is 6.37. The first-order chi connectivity index (χ1) is 17.6. The summed E-state index contributed by atoms with van der Waals surface area (Å²) in [5, 5.41) is 0. The Morgan fingerprint density at radius 3 is 2.44 bits per heavy atom. The molecule has 0 bridgehead atoms. The number of aromatic nitrogens is 6. The molecule has 4 heterocycles. The average molecular weight is 487 g/mol. The highest BCUT2D eigenvalue weighted by Crippen LogP contribution is 2.29. The van der Waals surface area contributed by atoms with Crippen molar-refractivity contribution >= 4 is 29.2 Å². The quantitative estimate of drug-likeness (QED) is 0.348. The van der Waals surface area contributed by atoms with Gasteiger partial charge in [0.15, 0.2) is 29.1 Å². The molecule has 10 heteroatoms. The molecule has 0 aliphatic carbocycles. The van der Waals surface area contributed by atoms with Crippen LogP contribution in [0.15, 0.2) is 36.7 Å². The second kappa shape index (κ2) is 10.4. The van der Waals surface area contributed by atoms with Crippen LogP contribution >= 0.6 is 0 Å². The molecule has 5 rings (SSSR count). The van der Waals surface area contributed by atoms with Crippen molar-refractivity contribution < 1.29 is 9.53 Å². The number of morpholine rings is 1. The largest absolute Gasteiger partial charge is 0.378 e. The predicted molar refractivity (Wildman–Crippen MR) is 138 cm³/mol. The Labute approximate surface area is 210 Å². The fourth-order valence-electron chi connectivity index (χ4n) is 4.34. The van der Waals surface area contributed by atoms with Crippen LogP contribution in [0.1, 0.15) is 35.1 Å². The van der Waals surface area contributed by atoms with Gasteiger partial charge in [-0.2, -0.15) is 0 Å². The van der Waals surface area contributed by atoms with Crippen LogP contribution in [0.25, 0.3) is 22.6 Å². The van der Waals surface area contributed by atoms with Crippen LogP contribution in [0.4, 0.5) is 11.8 Å². The van der Waals surface area contributed by atoms with Gasteiger partial charge in [0.05, 0.1) is 25.3 Å². The summed E-state index contributed by atoms with van der Waals surface area (Å²) in [5.41, 5.74) is 4.28. The Hall–Kier alpha value is -3.92. The van der Waals surface area contributed by atoms with Crippen molar-refractivity contribution in [2.24, 2.45) is 7.05 Å². The van der Waals surface area contributed by atoms with Crippen molar-refractivity contribution in [1.29, 1.82) is 0 Å². The third kappa shape index (κ3) is 4.76. The van der Waals surface area contributed by atoms with Gasteiger partial charge < -0.3 is 19.1 Å². The van der Waals surface area contributed by atoms with Crippen LogP contribution in [0, 0.1) is 0 Å². The van der Waals surface area contributed by atoms with Gasteiger partial charge in [-0.15, -0.1) is 0 Å². The number of aldehydes is 1. The number of aryl methyl sites for hydroxylation is 2. The summed E-state index contributed by atoms with van der Waals surface area (Å²) >= 11 is 0. The minimum atomic E-state index is 0.440. The maximum atomic E-state index is 10.9. The van der Waals surface area contributed by atoms with Gasteiger partial charge in [0.25, 0.3) is 0 Å². The number of fused-ring (bicyclic) bond motifs is 1. The minimum absolute atomic E-state index is 0.440. The molecular formula is C26H30N8O2. The molecule has 1 aliphatic heterocycles. The van der Waals surface area contributed by atoms with E-state index in [1.54, 1.807) is 0 Å². The molecule has 0 atom stereocenters. The van der Waals surface area contributed by atoms with E-state index < -0.39 is 0 Å². The van der Waals surface area contributed by atoms with E-state index in [2.05, 4.69) is 46.1 Å². The highest BCUT2D eigenvalue weighted by atomic mass is 16.5. The summed E-state index contributed by atoms with van der Waals surface area (Å²) in [6.07, 6.45) is 5.93. The highest BCUT2D eigenvalue weighted by molar-refractivity contribution is 5.86. The molecule has 10 nitrogen and oxygen atoms in total. The zero-order valence-electron chi connectivity index (χ0n) is 20.9. The normalized spacial score (nSPS) is 13.8. The summed E-state index contributed by atoms with van der Waals surface area (Å²) in [6.45, 7) is 5.47. The van der Waals surface area contributed by atoms with E-state index in [1.807, 2.05) is 23.6 Å². The van der Waals surface area contributed by atoms with E-state index >= 15 is 0 Å². The van der Waals surface area contributed by atoms with Crippen LogP contribution in [-0.4, -0.2) is 69.1 Å². The van der Waals surface area contributed by atoms with Gasteiger partial charge in [-0.25, -0.2) is 24.9 Å². The lowest BCUT2D eigenvalue weighted by atomic mass is 10.1. The lowest BCUT2D eigenvalue weighted by molar-refractivity contribution is 0.112. The predicted octanol–water partition coefficient (Wildman–Crippen LogP) is 3.06. The van der Waals surface area contributed by atoms with Crippen LogP contribution in [0.5, 0.6) is 0 Å². The van der Waals surface area contributed by atoms with E-state index in [1.165, 1.54) is 18.0 Å². The van der Waals surface area contributed by atoms with Crippen molar-refractivity contribution in [1.82, 2.24) is 29.5 Å². The Bertz CT molecular complexity index is 1350. The first-order valence-corrected chi connectivity index (χ1v) is 12.2. The van der Waals surface area contributed by atoms with Gasteiger partial charge in [-0.05, 0) is 12.0 Å². The van der Waals surface area contributed by atoms with Crippen molar-refractivity contribution in [3.8, 4) is 11.4 Å². The second-order valence-electron chi connectivity index (χ2n) is 8.97. The first kappa shape index (κ1) is 23.8. The molecule has 0 saturated carbocycles. The molecule has 1 aromatic carbocycles. The molecule has 186 valence electrons. The van der Waals surface area contributed by atoms with Gasteiger partial charge in [-0.1, -0.05) is 37.6 Å². The Morgan fingerprint density at radius 1 is 1.06 bits per heavy atom. The summed E-state index contributed by atoms with van der Waals surface area (Å²) in [4.78, 5) is 38.5. The zero-order chi connectivity index (χ0) is 25.1. The number of benzene rings is 1. The number of ether oxygens (including phenoxy) is 1. The zero-order valence-corrected chi connectivity index (χ0v) is 20.9. The molecular weight excluding hydrogens is 456 g/mol. The molecule has 0 spiro atoms. The average Bonchev–Trinajstić information content (AvgIpc) is 3.24. The molecule has 0 unspecified atom stereocenters. The fraction of sp³-hybridized carbons (Fsp3) is 0.385. The molecule has 1 aliphatic rings. The second-order valence-corrected chi connectivity index (χ2v) is 8.97. The van der Waals surface area contributed by atoms with Gasteiger partial charge in [0, 0.05) is 45.1 Å². The number of carbonyl (C=O) groups excluding carboxylic acids is 1. The van der Waals surface area contributed by atoms with Gasteiger partial charge in [-0.3, -0.25) is 4.79 Å². The molecule has 3 aromatic heterocycles. The molecule has 0 N–H and O–H groups in total. The Kier molecular flexibility index (Phi) is 6.86. The van der Waals surface area contributed by atoms with E-state index in [0.717, 1.165) is 60.6 Å². The number of nitrogens with zero attached hydrogens (tertiary/aromatic N) is 8. The van der Waals surface area contributed by atoms with Crippen LogP contribution in [0.2, 0.25) is 0 Å². The minimum Gasteiger partial charge on any atom is -0.378 e. The lowest BCUT2D eigenvalue weighted by Crippen LogP contribution is -2.37. The summed E-state index contributed by atoms with van der Waals surface area (Å²) in [5.74, 6) is 2.84. The summed E-state index contributed by atoms with van der Waals surface area (Å²) in [6, 6.07) is 8.50. The van der Waals surface area contributed by atoms with Gasteiger partial charge >= 0.3 is 0 Å². The number of hydrogen-bond donors (Lipinski definition) is 0. The van der Waals surface area contributed by atoms with Gasteiger partial charge in [0.2, 0.25) is 5.95 Å². The van der Waals surface area contributed by atoms with E-state index in [4.69, 9.17) is 19.7 Å². The highest BCUT2D eigenvalue weighted by Gasteiger charge is 2.23. The standard InChI is InChI=1S/C26H30N8O2/c1-4-5-18-6-8-20(9-7-18)23-30-24-22(25(31-23)34-10-12-36-13-11-34)29-21(33(24)3)16-32(2)26-27-14-19(17-35)15-28-26/h6-9,14-15,17H,4-5,10-13,16H2,1-3H3. The Morgan fingerprint density at radius 2 is 1.78 bits per heavy atom. The maximum absolute atomic E-state index is 10.9. The first-order valence-electron chi connectivity index (χ1n) is 12.2. The van der Waals surface area contributed by atoms with Crippen LogP contribution < -0.4 is 9.80 Å². The smallest absolute Gasteiger partial charge is 0.225 e. The lowest BCUT2D eigenvalue weighted by Gasteiger charge is -2.28. The number of imidazole rings is 1. The molecule has 0 radical (unpaired) electrons. The fourth-order valence-corrected chi connectivity index (χ4v) is 4.34. The number of anilines is 2. The van der Waals surface area contributed by atoms with E-state index in [0.29, 0.717) is 37.1 Å². The van der Waals surface area contributed by atoms with Crippen molar-refractivity contribution in [3.63, 3.8) is 0 Å². The molecule has 36 heavy (non-hydrogen) atoms. The molecule has 1 saturated heterocycles.